The number of carbonyl (C=O) groups excluding carboxylic acids is 1. The maximum atomic E-state index is 11.6. The number of nitrogens with one attached hydrogen (secondary N) is 1. The Morgan fingerprint density at radius 2 is 1.94 bits per heavy atom. The molecule has 0 saturated carbocycles. The van der Waals surface area contributed by atoms with Gasteiger partial charge in [-0.15, -0.1) is 0 Å². The maximum Gasteiger partial charge on any atom is 0.414 e. The number of ether oxygens (including phenoxy) is 2. The summed E-state index contributed by atoms with van der Waals surface area (Å²) in [5, 5.41) is 2.47. The maximum absolute atomic E-state index is 11.6. The highest BCUT2D eigenvalue weighted by Crippen LogP contribution is 2.22. The van der Waals surface area contributed by atoms with Gasteiger partial charge in [0.2, 0.25) is 11.8 Å². The zero-order chi connectivity index (χ0) is 13.9. The van der Waals surface area contributed by atoms with E-state index >= 15 is 0 Å². The second-order valence-electron chi connectivity index (χ2n) is 4.58. The molecule has 0 bridgehead atoms. The molecule has 0 radical (unpaired) electrons. The molecule has 1 heterocycles. The number of nitrogens with zero attached hydrogens (tertiary/aromatic N) is 2. The van der Waals surface area contributed by atoms with Crippen LogP contribution in [0.2, 0.25) is 0 Å². The minimum Gasteiger partial charge on any atom is -0.480 e. The summed E-state index contributed by atoms with van der Waals surface area (Å²) in [7, 11) is 1.52. The number of hydrogen-bond acceptors (Lipinski definition) is 5. The van der Waals surface area contributed by atoms with E-state index in [1.54, 1.807) is 20.8 Å². The van der Waals surface area contributed by atoms with Gasteiger partial charge in [0.25, 0.3) is 0 Å². The van der Waals surface area contributed by atoms with Gasteiger partial charge in [-0.05, 0) is 50.3 Å². The first-order valence-corrected chi connectivity index (χ1v) is 6.39. The molecule has 18 heavy (non-hydrogen) atoms. The van der Waals surface area contributed by atoms with Crippen LogP contribution in [0.15, 0.2) is 0 Å². The van der Waals surface area contributed by atoms with Crippen molar-refractivity contribution in [1.29, 1.82) is 0 Å². The normalized spacial score (nSPS) is 11.0. The van der Waals surface area contributed by atoms with Gasteiger partial charge in [-0.3, -0.25) is 5.32 Å². The van der Waals surface area contributed by atoms with Crippen molar-refractivity contribution in [2.24, 2.45) is 0 Å². The summed E-state index contributed by atoms with van der Waals surface area (Å²) in [6, 6.07) is 0. The van der Waals surface area contributed by atoms with E-state index in [9.17, 15) is 4.79 Å². The van der Waals surface area contributed by atoms with Crippen LogP contribution in [-0.2, 0) is 4.74 Å². The number of amides is 1. The first kappa shape index (κ1) is 14.9. The molecule has 0 spiro atoms. The second-order valence-corrected chi connectivity index (χ2v) is 5.66. The summed E-state index contributed by atoms with van der Waals surface area (Å²) in [6.45, 7) is 7.17. The standard InChI is InChI=1S/C11H16IN3O3/c1-6-7(12)8(17-5)14-9(13-6)15-10(16)18-11(2,3)4/h1-5H3,(H,13,14,15,16). The molecule has 1 amide bonds. The summed E-state index contributed by atoms with van der Waals surface area (Å²) in [4.78, 5) is 19.8. The van der Waals surface area contributed by atoms with Crippen molar-refractivity contribution in [3.63, 3.8) is 0 Å². The minimum absolute atomic E-state index is 0.166. The number of carbonyl (C=O) groups is 1. The number of halogens is 1. The summed E-state index contributed by atoms with van der Waals surface area (Å²) in [5.74, 6) is 0.591. The van der Waals surface area contributed by atoms with Crippen LogP contribution < -0.4 is 10.1 Å². The predicted molar refractivity (Wildman–Crippen MR) is 75.9 cm³/mol. The number of rotatable bonds is 2. The van der Waals surface area contributed by atoms with Crippen molar-refractivity contribution in [2.75, 3.05) is 12.4 Å². The van der Waals surface area contributed by atoms with E-state index in [1.807, 2.05) is 6.92 Å². The van der Waals surface area contributed by atoms with Crippen molar-refractivity contribution in [3.8, 4) is 5.88 Å². The molecule has 1 aromatic heterocycles. The lowest BCUT2D eigenvalue weighted by Crippen LogP contribution is -2.28. The van der Waals surface area contributed by atoms with Crippen LogP contribution in [0.3, 0.4) is 0 Å². The highest BCUT2D eigenvalue weighted by Gasteiger charge is 2.18. The van der Waals surface area contributed by atoms with Crippen LogP contribution in [-0.4, -0.2) is 28.8 Å². The molecular weight excluding hydrogens is 349 g/mol. The number of aryl methyl sites for hydroxylation is 1. The van der Waals surface area contributed by atoms with E-state index in [2.05, 4.69) is 37.9 Å². The van der Waals surface area contributed by atoms with Gasteiger partial charge in [0, 0.05) is 0 Å². The molecule has 0 aliphatic rings. The molecule has 0 unspecified atom stereocenters. The Labute approximate surface area is 120 Å². The van der Waals surface area contributed by atoms with Gasteiger partial charge < -0.3 is 9.47 Å². The van der Waals surface area contributed by atoms with Gasteiger partial charge >= 0.3 is 6.09 Å². The van der Waals surface area contributed by atoms with Gasteiger partial charge in [-0.1, -0.05) is 0 Å². The summed E-state index contributed by atoms with van der Waals surface area (Å²) in [6.07, 6.45) is -0.592. The van der Waals surface area contributed by atoms with Crippen LogP contribution in [0, 0.1) is 10.5 Å². The molecule has 0 aromatic carbocycles. The summed E-state index contributed by atoms with van der Waals surface area (Å²) in [5.41, 5.74) is 0.167. The van der Waals surface area contributed by atoms with E-state index in [-0.39, 0.29) is 5.95 Å². The van der Waals surface area contributed by atoms with E-state index in [0.29, 0.717) is 5.88 Å². The lowest BCUT2D eigenvalue weighted by molar-refractivity contribution is 0.0634. The average molecular weight is 365 g/mol. The molecule has 0 saturated heterocycles. The molecule has 0 fully saturated rings. The Morgan fingerprint density at radius 1 is 1.33 bits per heavy atom. The highest BCUT2D eigenvalue weighted by atomic mass is 127. The van der Waals surface area contributed by atoms with Crippen molar-refractivity contribution in [3.05, 3.63) is 9.26 Å². The summed E-state index contributed by atoms with van der Waals surface area (Å²) >= 11 is 2.08. The quantitative estimate of drug-likeness (QED) is 0.816. The SMILES string of the molecule is COc1nc(NC(=O)OC(C)(C)C)nc(C)c1I. The van der Waals surface area contributed by atoms with Crippen LogP contribution >= 0.6 is 22.6 Å². The molecule has 1 aromatic rings. The first-order valence-electron chi connectivity index (χ1n) is 5.31. The van der Waals surface area contributed by atoms with Crippen molar-refractivity contribution in [2.45, 2.75) is 33.3 Å². The molecule has 0 aliphatic carbocycles. The predicted octanol–water partition coefficient (Wildman–Crippen LogP) is 2.75. The lowest BCUT2D eigenvalue weighted by Gasteiger charge is -2.19. The van der Waals surface area contributed by atoms with Crippen molar-refractivity contribution >= 4 is 34.6 Å². The molecular formula is C11H16IN3O3. The zero-order valence-electron chi connectivity index (χ0n) is 11.0. The molecule has 0 atom stereocenters. The monoisotopic (exact) mass is 365 g/mol. The van der Waals surface area contributed by atoms with Gasteiger partial charge in [-0.25, -0.2) is 9.78 Å². The smallest absolute Gasteiger partial charge is 0.414 e. The molecule has 7 heteroatoms. The van der Waals surface area contributed by atoms with Gasteiger partial charge in [0.1, 0.15) is 5.60 Å². The van der Waals surface area contributed by atoms with Crippen LogP contribution in [0.1, 0.15) is 26.5 Å². The van der Waals surface area contributed by atoms with Gasteiger partial charge in [0.15, 0.2) is 0 Å². The first-order chi connectivity index (χ1) is 8.23. The molecule has 1 rings (SSSR count). The van der Waals surface area contributed by atoms with E-state index < -0.39 is 11.7 Å². The zero-order valence-corrected chi connectivity index (χ0v) is 13.2. The molecule has 0 aliphatic heterocycles. The van der Waals surface area contributed by atoms with E-state index in [4.69, 9.17) is 9.47 Å². The third-order valence-electron chi connectivity index (χ3n) is 1.79. The Hall–Kier alpha value is -1.12. The Balaban J connectivity index is 2.86. The van der Waals surface area contributed by atoms with Crippen molar-refractivity contribution in [1.82, 2.24) is 9.97 Å². The number of anilines is 1. The average Bonchev–Trinajstić information content (AvgIpc) is 2.20. The van der Waals surface area contributed by atoms with Crippen molar-refractivity contribution < 1.29 is 14.3 Å². The minimum atomic E-state index is -0.592. The number of hydrogen-bond donors (Lipinski definition) is 1. The van der Waals surface area contributed by atoms with Crippen LogP contribution in [0.25, 0.3) is 0 Å². The van der Waals surface area contributed by atoms with Gasteiger partial charge in [-0.2, -0.15) is 4.98 Å². The fourth-order valence-corrected chi connectivity index (χ4v) is 1.58. The van der Waals surface area contributed by atoms with Crippen LogP contribution in [0.5, 0.6) is 5.88 Å². The third kappa shape index (κ3) is 4.28. The second kappa shape index (κ2) is 5.68. The largest absolute Gasteiger partial charge is 0.480 e. The van der Waals surface area contributed by atoms with Crippen LogP contribution in [0.4, 0.5) is 10.7 Å². The molecule has 6 nitrogen and oxygen atoms in total. The number of methoxy groups -OCH3 is 1. The fraction of sp³-hybridized carbons (Fsp3) is 0.545. The molecule has 100 valence electrons. The van der Waals surface area contributed by atoms with E-state index in [0.717, 1.165) is 9.26 Å². The highest BCUT2D eigenvalue weighted by molar-refractivity contribution is 14.1. The van der Waals surface area contributed by atoms with Gasteiger partial charge in [0.05, 0.1) is 16.4 Å². The summed E-state index contributed by atoms with van der Waals surface area (Å²) < 4.78 is 11.0. The Bertz CT molecular complexity index is 458. The lowest BCUT2D eigenvalue weighted by atomic mass is 10.2. The topological polar surface area (TPSA) is 73.3 Å². The third-order valence-corrected chi connectivity index (χ3v) is 3.03. The Kier molecular flexibility index (Phi) is 4.71. The number of aromatic nitrogens is 2. The Morgan fingerprint density at radius 3 is 2.44 bits per heavy atom. The molecule has 1 N–H and O–H groups in total. The van der Waals surface area contributed by atoms with E-state index in [1.165, 1.54) is 7.11 Å². The fourth-order valence-electron chi connectivity index (χ4n) is 1.12.